The Morgan fingerprint density at radius 1 is 1.39 bits per heavy atom. The monoisotopic (exact) mass is 310 g/mol. The highest BCUT2D eigenvalue weighted by molar-refractivity contribution is 8.13. The minimum atomic E-state index is -3.95. The summed E-state index contributed by atoms with van der Waals surface area (Å²) in [6.45, 7) is 3.59. The van der Waals surface area contributed by atoms with Gasteiger partial charge in [0, 0.05) is 15.7 Å². The van der Waals surface area contributed by atoms with Gasteiger partial charge in [0.1, 0.15) is 0 Å². The highest BCUT2D eigenvalue weighted by Gasteiger charge is 2.21. The molecule has 18 heavy (non-hydrogen) atoms. The Hall–Kier alpha value is -0.780. The lowest BCUT2D eigenvalue weighted by Crippen LogP contribution is -2.10. The predicted molar refractivity (Wildman–Crippen MR) is 69.8 cm³/mol. The van der Waals surface area contributed by atoms with Crippen molar-refractivity contribution in [1.29, 1.82) is 0 Å². The maximum atomic E-state index is 11.7. The van der Waals surface area contributed by atoms with Crippen molar-refractivity contribution >= 4 is 37.3 Å². The summed E-state index contributed by atoms with van der Waals surface area (Å²) in [6, 6.07) is 2.57. The van der Waals surface area contributed by atoms with Gasteiger partial charge in [-0.25, -0.2) is 13.2 Å². The van der Waals surface area contributed by atoms with Gasteiger partial charge in [0.25, 0.3) is 9.05 Å². The number of carbonyl (C=O) groups excluding carboxylic acids is 1. The fraction of sp³-hybridized carbons (Fsp3) is 0.364. The molecule has 0 N–H and O–H groups in total. The van der Waals surface area contributed by atoms with Crippen molar-refractivity contribution in [3.8, 4) is 0 Å². The summed E-state index contributed by atoms with van der Waals surface area (Å²) in [5.74, 6) is -0.613. The van der Waals surface area contributed by atoms with Crippen LogP contribution in [0.1, 0.15) is 29.3 Å². The first-order valence-electron chi connectivity index (χ1n) is 5.19. The van der Waals surface area contributed by atoms with Crippen LogP contribution in [0.25, 0.3) is 0 Å². The van der Waals surface area contributed by atoms with Crippen LogP contribution in [0, 0.1) is 6.92 Å². The standard InChI is InChI=1S/C11H12Cl2O4S/c1-3-4-17-11(14)9-5-8(12)6-10(7(9)2)18(13,15)16/h5-6H,3-4H2,1-2H3. The summed E-state index contributed by atoms with van der Waals surface area (Å²) >= 11 is 5.78. The van der Waals surface area contributed by atoms with E-state index in [-0.39, 0.29) is 27.7 Å². The second kappa shape index (κ2) is 5.91. The Kier molecular flexibility index (Phi) is 5.01. The highest BCUT2D eigenvalue weighted by Crippen LogP contribution is 2.27. The molecule has 0 aliphatic carbocycles. The van der Waals surface area contributed by atoms with Crippen molar-refractivity contribution in [2.75, 3.05) is 6.61 Å². The molecule has 7 heteroatoms. The van der Waals surface area contributed by atoms with Crippen molar-refractivity contribution in [3.05, 3.63) is 28.3 Å². The van der Waals surface area contributed by atoms with E-state index in [9.17, 15) is 13.2 Å². The average molecular weight is 311 g/mol. The van der Waals surface area contributed by atoms with E-state index < -0.39 is 15.0 Å². The van der Waals surface area contributed by atoms with Gasteiger partial charge < -0.3 is 4.74 Å². The summed E-state index contributed by atoms with van der Waals surface area (Å²) in [5, 5.41) is 0.114. The number of carbonyl (C=O) groups is 1. The number of hydrogen-bond acceptors (Lipinski definition) is 4. The summed E-state index contributed by atoms with van der Waals surface area (Å²) in [6.07, 6.45) is 0.673. The molecule has 0 amide bonds. The van der Waals surface area contributed by atoms with Gasteiger partial charge in [0.15, 0.2) is 0 Å². The summed E-state index contributed by atoms with van der Waals surface area (Å²) in [4.78, 5) is 11.6. The van der Waals surface area contributed by atoms with Crippen LogP contribution < -0.4 is 0 Å². The van der Waals surface area contributed by atoms with Crippen molar-refractivity contribution in [1.82, 2.24) is 0 Å². The first-order chi connectivity index (χ1) is 8.27. The van der Waals surface area contributed by atoms with E-state index in [1.807, 2.05) is 6.92 Å². The van der Waals surface area contributed by atoms with Crippen molar-refractivity contribution in [2.24, 2.45) is 0 Å². The van der Waals surface area contributed by atoms with E-state index in [0.29, 0.717) is 6.42 Å². The highest BCUT2D eigenvalue weighted by atomic mass is 35.7. The van der Waals surface area contributed by atoms with Gasteiger partial charge in [-0.05, 0) is 31.0 Å². The van der Waals surface area contributed by atoms with Crippen molar-refractivity contribution in [2.45, 2.75) is 25.2 Å². The molecular weight excluding hydrogens is 299 g/mol. The van der Waals surface area contributed by atoms with Crippen LogP contribution in [0.3, 0.4) is 0 Å². The molecule has 0 aliphatic rings. The van der Waals surface area contributed by atoms with Crippen LogP contribution in [-0.4, -0.2) is 21.0 Å². The number of hydrogen-bond donors (Lipinski definition) is 0. The quantitative estimate of drug-likeness (QED) is 0.633. The number of ether oxygens (including phenoxy) is 1. The molecule has 0 fully saturated rings. The SMILES string of the molecule is CCCOC(=O)c1cc(Cl)cc(S(=O)(=O)Cl)c1C. The zero-order valence-corrected chi connectivity index (χ0v) is 12.2. The molecule has 0 unspecified atom stereocenters. The summed E-state index contributed by atoms with van der Waals surface area (Å²) in [5.41, 5.74) is 0.339. The van der Waals surface area contributed by atoms with E-state index in [1.54, 1.807) is 0 Å². The van der Waals surface area contributed by atoms with E-state index >= 15 is 0 Å². The molecule has 1 aromatic rings. The average Bonchev–Trinajstić information content (AvgIpc) is 2.27. The zero-order chi connectivity index (χ0) is 13.9. The van der Waals surface area contributed by atoms with Crippen LogP contribution in [0.5, 0.6) is 0 Å². The topological polar surface area (TPSA) is 60.4 Å². The third kappa shape index (κ3) is 3.60. The van der Waals surface area contributed by atoms with Gasteiger partial charge in [-0.3, -0.25) is 0 Å². The molecule has 0 saturated heterocycles. The molecule has 1 rings (SSSR count). The maximum Gasteiger partial charge on any atom is 0.338 e. The Balaban J connectivity index is 3.30. The molecule has 0 saturated carbocycles. The molecule has 0 aromatic heterocycles. The third-order valence-corrected chi connectivity index (χ3v) is 3.91. The number of esters is 1. The number of halogens is 2. The Morgan fingerprint density at radius 3 is 2.50 bits per heavy atom. The minimum absolute atomic E-state index is 0.107. The third-order valence-electron chi connectivity index (χ3n) is 2.24. The van der Waals surface area contributed by atoms with Crippen LogP contribution >= 0.6 is 22.3 Å². The fourth-order valence-electron chi connectivity index (χ4n) is 1.39. The normalized spacial score (nSPS) is 11.3. The zero-order valence-electron chi connectivity index (χ0n) is 9.87. The van der Waals surface area contributed by atoms with E-state index in [0.717, 1.165) is 0 Å². The van der Waals surface area contributed by atoms with Gasteiger partial charge in [0.05, 0.1) is 17.1 Å². The lowest BCUT2D eigenvalue weighted by atomic mass is 10.1. The Morgan fingerprint density at radius 2 is 2.00 bits per heavy atom. The first kappa shape index (κ1) is 15.3. The van der Waals surface area contributed by atoms with Crippen molar-refractivity contribution in [3.63, 3.8) is 0 Å². The van der Waals surface area contributed by atoms with Gasteiger partial charge in [0.2, 0.25) is 0 Å². The molecule has 0 atom stereocenters. The summed E-state index contributed by atoms with van der Waals surface area (Å²) in [7, 11) is 1.33. The number of benzene rings is 1. The van der Waals surface area contributed by atoms with Gasteiger partial charge in [-0.2, -0.15) is 0 Å². The lowest BCUT2D eigenvalue weighted by molar-refractivity contribution is 0.0504. The maximum absolute atomic E-state index is 11.7. The van der Waals surface area contributed by atoms with Crippen molar-refractivity contribution < 1.29 is 17.9 Å². The van der Waals surface area contributed by atoms with Gasteiger partial charge >= 0.3 is 5.97 Å². The van der Waals surface area contributed by atoms with Crippen LogP contribution in [0.2, 0.25) is 5.02 Å². The van der Waals surface area contributed by atoms with Crippen LogP contribution in [-0.2, 0) is 13.8 Å². The summed E-state index contributed by atoms with van der Waals surface area (Å²) < 4.78 is 27.6. The van der Waals surface area contributed by atoms with E-state index in [2.05, 4.69) is 0 Å². The molecule has 0 bridgehead atoms. The second-order valence-corrected chi connectivity index (χ2v) is 6.62. The van der Waals surface area contributed by atoms with E-state index in [4.69, 9.17) is 27.0 Å². The van der Waals surface area contributed by atoms with Crippen LogP contribution in [0.15, 0.2) is 17.0 Å². The smallest absolute Gasteiger partial charge is 0.338 e. The van der Waals surface area contributed by atoms with Gasteiger partial charge in [-0.1, -0.05) is 18.5 Å². The first-order valence-corrected chi connectivity index (χ1v) is 7.88. The molecule has 0 heterocycles. The molecule has 0 spiro atoms. The van der Waals surface area contributed by atoms with Crippen LogP contribution in [0.4, 0.5) is 0 Å². The second-order valence-electron chi connectivity index (χ2n) is 3.65. The lowest BCUT2D eigenvalue weighted by Gasteiger charge is -2.09. The largest absolute Gasteiger partial charge is 0.462 e. The molecule has 0 radical (unpaired) electrons. The molecular formula is C11H12Cl2O4S. The molecule has 100 valence electrons. The van der Waals surface area contributed by atoms with Gasteiger partial charge in [-0.15, -0.1) is 0 Å². The minimum Gasteiger partial charge on any atom is -0.462 e. The molecule has 0 aliphatic heterocycles. The van der Waals surface area contributed by atoms with E-state index in [1.165, 1.54) is 19.1 Å². The Labute approximate surface area is 115 Å². The number of rotatable bonds is 4. The molecule has 4 nitrogen and oxygen atoms in total. The predicted octanol–water partition coefficient (Wildman–Crippen LogP) is 3.14. The molecule has 1 aromatic carbocycles. The fourth-order valence-corrected chi connectivity index (χ4v) is 2.90. The Bertz CT molecular complexity index is 567.